The lowest BCUT2D eigenvalue weighted by molar-refractivity contribution is -0.143. The number of nitrogens with two attached hydrogens (primary N) is 1. The number of imidazole rings is 1. The summed E-state index contributed by atoms with van der Waals surface area (Å²) in [4.78, 5) is 63.2. The SMILES string of the molecule is NC(Cc1cnc[nH]1)C(=O)NCC(=O)NCC(=O)NC(CCC(=O)O)C(=O)O. The highest BCUT2D eigenvalue weighted by atomic mass is 16.4. The molecule has 1 rings (SSSR count). The van der Waals surface area contributed by atoms with Gasteiger partial charge in [0, 0.05) is 24.7 Å². The number of carboxylic acid groups (broad SMARTS) is 2. The van der Waals surface area contributed by atoms with Crippen molar-refractivity contribution >= 4 is 29.7 Å². The van der Waals surface area contributed by atoms with E-state index in [-0.39, 0.29) is 12.8 Å². The second-order valence-corrected chi connectivity index (χ2v) is 5.77. The Bertz CT molecular complexity index is 706. The molecule has 154 valence electrons. The molecule has 0 aliphatic heterocycles. The molecule has 0 saturated carbocycles. The predicted molar refractivity (Wildman–Crippen MR) is 92.7 cm³/mol. The average Bonchev–Trinajstić information content (AvgIpc) is 3.13. The van der Waals surface area contributed by atoms with Crippen molar-refractivity contribution in [2.24, 2.45) is 5.73 Å². The molecule has 0 radical (unpaired) electrons. The summed E-state index contributed by atoms with van der Waals surface area (Å²) in [5, 5.41) is 24.1. The maximum atomic E-state index is 11.8. The molecule has 1 heterocycles. The zero-order chi connectivity index (χ0) is 21.1. The van der Waals surface area contributed by atoms with Gasteiger partial charge in [-0.1, -0.05) is 0 Å². The number of hydrogen-bond donors (Lipinski definition) is 7. The third-order valence-corrected chi connectivity index (χ3v) is 3.48. The van der Waals surface area contributed by atoms with Crippen LogP contribution in [0, 0.1) is 0 Å². The smallest absolute Gasteiger partial charge is 0.326 e. The molecular weight excluding hydrogens is 376 g/mol. The minimum Gasteiger partial charge on any atom is -0.481 e. The normalized spacial score (nSPS) is 12.5. The highest BCUT2D eigenvalue weighted by molar-refractivity contribution is 5.90. The molecule has 0 aliphatic rings. The van der Waals surface area contributed by atoms with Gasteiger partial charge in [0.2, 0.25) is 17.7 Å². The summed E-state index contributed by atoms with van der Waals surface area (Å²) >= 11 is 0. The van der Waals surface area contributed by atoms with E-state index in [1.54, 1.807) is 0 Å². The van der Waals surface area contributed by atoms with Crippen LogP contribution >= 0.6 is 0 Å². The second-order valence-electron chi connectivity index (χ2n) is 5.77. The zero-order valence-electron chi connectivity index (χ0n) is 14.8. The molecule has 0 saturated heterocycles. The Morgan fingerprint density at radius 2 is 1.79 bits per heavy atom. The van der Waals surface area contributed by atoms with E-state index in [4.69, 9.17) is 15.9 Å². The number of aromatic amines is 1. The van der Waals surface area contributed by atoms with Crippen LogP contribution in [0.1, 0.15) is 18.5 Å². The van der Waals surface area contributed by atoms with Gasteiger partial charge in [-0.3, -0.25) is 19.2 Å². The molecule has 1 aromatic heterocycles. The average molecular weight is 398 g/mol. The van der Waals surface area contributed by atoms with Gasteiger partial charge >= 0.3 is 11.9 Å². The number of H-pyrrole nitrogens is 1. The van der Waals surface area contributed by atoms with Crippen LogP contribution in [0.2, 0.25) is 0 Å². The van der Waals surface area contributed by atoms with E-state index in [2.05, 4.69) is 25.9 Å². The molecule has 13 heteroatoms. The molecule has 0 fully saturated rings. The summed E-state index contributed by atoms with van der Waals surface area (Å²) in [6.07, 6.45) is 2.42. The van der Waals surface area contributed by atoms with Crippen molar-refractivity contribution in [1.82, 2.24) is 25.9 Å². The highest BCUT2D eigenvalue weighted by Gasteiger charge is 2.21. The van der Waals surface area contributed by atoms with Gasteiger partial charge in [-0.15, -0.1) is 0 Å². The molecule has 28 heavy (non-hydrogen) atoms. The van der Waals surface area contributed by atoms with Gasteiger partial charge in [-0.2, -0.15) is 0 Å². The molecular formula is C15H22N6O7. The lowest BCUT2D eigenvalue weighted by Gasteiger charge is -2.14. The highest BCUT2D eigenvalue weighted by Crippen LogP contribution is 1.98. The van der Waals surface area contributed by atoms with Gasteiger partial charge in [-0.25, -0.2) is 9.78 Å². The first-order chi connectivity index (χ1) is 13.2. The van der Waals surface area contributed by atoms with Crippen molar-refractivity contribution in [3.8, 4) is 0 Å². The number of hydrogen-bond acceptors (Lipinski definition) is 7. The number of nitrogens with zero attached hydrogens (tertiary/aromatic N) is 1. The van der Waals surface area contributed by atoms with Crippen LogP contribution in [0.5, 0.6) is 0 Å². The van der Waals surface area contributed by atoms with Crippen molar-refractivity contribution in [3.05, 3.63) is 18.2 Å². The van der Waals surface area contributed by atoms with Crippen LogP contribution in [0.15, 0.2) is 12.5 Å². The summed E-state index contributed by atoms with van der Waals surface area (Å²) in [5.41, 5.74) is 6.35. The fourth-order valence-corrected chi connectivity index (χ4v) is 2.04. The van der Waals surface area contributed by atoms with E-state index in [0.717, 1.165) is 0 Å². The van der Waals surface area contributed by atoms with Crippen LogP contribution < -0.4 is 21.7 Å². The number of aromatic nitrogens is 2. The molecule has 13 nitrogen and oxygen atoms in total. The number of carboxylic acids is 2. The van der Waals surface area contributed by atoms with E-state index < -0.39 is 61.3 Å². The predicted octanol–water partition coefficient (Wildman–Crippen LogP) is -3.05. The van der Waals surface area contributed by atoms with E-state index in [0.29, 0.717) is 5.69 Å². The number of carbonyl (C=O) groups is 5. The molecule has 3 amide bonds. The summed E-state index contributed by atoms with van der Waals surface area (Å²) in [5.74, 6) is -4.66. The van der Waals surface area contributed by atoms with Crippen LogP contribution in [0.3, 0.4) is 0 Å². The third kappa shape index (κ3) is 8.75. The molecule has 2 unspecified atom stereocenters. The Balaban J connectivity index is 2.30. The van der Waals surface area contributed by atoms with Crippen molar-refractivity contribution in [1.29, 1.82) is 0 Å². The summed E-state index contributed by atoms with van der Waals surface area (Å²) < 4.78 is 0. The van der Waals surface area contributed by atoms with E-state index in [1.165, 1.54) is 12.5 Å². The monoisotopic (exact) mass is 398 g/mol. The number of nitrogens with one attached hydrogen (secondary N) is 4. The van der Waals surface area contributed by atoms with Crippen molar-refractivity contribution in [2.75, 3.05) is 13.1 Å². The van der Waals surface area contributed by atoms with E-state index in [9.17, 15) is 24.0 Å². The lowest BCUT2D eigenvalue weighted by atomic mass is 10.1. The molecule has 1 aromatic rings. The van der Waals surface area contributed by atoms with Crippen LogP contribution in [0.25, 0.3) is 0 Å². The summed E-state index contributed by atoms with van der Waals surface area (Å²) in [6.45, 7) is -0.962. The standard InChI is InChI=1S/C15H22N6O7/c16-9(3-8-4-17-7-20-8)14(26)19-5-11(22)18-6-12(23)21-10(15(27)28)1-2-13(24)25/h4,7,9-10H,1-3,5-6,16H2,(H,17,20)(H,18,22)(H,19,26)(H,21,23)(H,24,25)(H,27,28). The largest absolute Gasteiger partial charge is 0.481 e. The van der Waals surface area contributed by atoms with Crippen LogP contribution in [-0.2, 0) is 30.4 Å². The van der Waals surface area contributed by atoms with Gasteiger partial charge in [0.15, 0.2) is 0 Å². The minimum atomic E-state index is -1.39. The Morgan fingerprint density at radius 1 is 1.11 bits per heavy atom. The number of carbonyl (C=O) groups excluding carboxylic acids is 3. The zero-order valence-corrected chi connectivity index (χ0v) is 14.8. The quantitative estimate of drug-likeness (QED) is 0.190. The Morgan fingerprint density at radius 3 is 2.36 bits per heavy atom. The first kappa shape index (κ1) is 22.6. The second kappa shape index (κ2) is 11.3. The van der Waals surface area contributed by atoms with Gasteiger partial charge in [0.05, 0.1) is 25.5 Å². The van der Waals surface area contributed by atoms with Gasteiger partial charge in [-0.05, 0) is 6.42 Å². The summed E-state index contributed by atoms with van der Waals surface area (Å²) in [7, 11) is 0. The van der Waals surface area contributed by atoms with Crippen molar-refractivity contribution in [2.45, 2.75) is 31.3 Å². The number of rotatable bonds is 12. The summed E-state index contributed by atoms with van der Waals surface area (Å²) in [6, 6.07) is -2.29. The minimum absolute atomic E-state index is 0.197. The molecule has 0 spiro atoms. The third-order valence-electron chi connectivity index (χ3n) is 3.48. The van der Waals surface area contributed by atoms with Crippen LogP contribution in [0.4, 0.5) is 0 Å². The Kier molecular flexibility index (Phi) is 9.09. The lowest BCUT2D eigenvalue weighted by Crippen LogP contribution is -2.49. The van der Waals surface area contributed by atoms with E-state index >= 15 is 0 Å². The first-order valence-corrected chi connectivity index (χ1v) is 8.20. The Hall–Kier alpha value is -3.48. The topological polar surface area (TPSA) is 217 Å². The number of aliphatic carboxylic acids is 2. The van der Waals surface area contributed by atoms with Crippen molar-refractivity contribution in [3.63, 3.8) is 0 Å². The molecule has 0 bridgehead atoms. The van der Waals surface area contributed by atoms with Gasteiger partial charge < -0.3 is 36.9 Å². The fraction of sp³-hybridized carbons (Fsp3) is 0.467. The first-order valence-electron chi connectivity index (χ1n) is 8.20. The molecule has 2 atom stereocenters. The van der Waals surface area contributed by atoms with Gasteiger partial charge in [0.1, 0.15) is 6.04 Å². The van der Waals surface area contributed by atoms with E-state index in [1.807, 2.05) is 0 Å². The molecule has 0 aromatic carbocycles. The Labute approximate surface area is 159 Å². The molecule has 0 aliphatic carbocycles. The maximum Gasteiger partial charge on any atom is 0.326 e. The fourth-order valence-electron chi connectivity index (χ4n) is 2.04. The van der Waals surface area contributed by atoms with Crippen molar-refractivity contribution < 1.29 is 34.2 Å². The maximum absolute atomic E-state index is 11.8. The number of amides is 3. The van der Waals surface area contributed by atoms with Gasteiger partial charge in [0.25, 0.3) is 0 Å². The van der Waals surface area contributed by atoms with Crippen LogP contribution in [-0.4, -0.2) is 75.0 Å². The molecule has 8 N–H and O–H groups in total.